The Balaban J connectivity index is 2.11. The van der Waals surface area contributed by atoms with Crippen LogP contribution in [0, 0.1) is 5.82 Å². The minimum atomic E-state index is -0.305. The highest BCUT2D eigenvalue weighted by Gasteiger charge is 2.00. The van der Waals surface area contributed by atoms with Gasteiger partial charge in [0.2, 0.25) is 0 Å². The molecule has 1 N–H and O–H groups in total. The highest BCUT2D eigenvalue weighted by molar-refractivity contribution is 9.10. The fourth-order valence-corrected chi connectivity index (χ4v) is 1.50. The van der Waals surface area contributed by atoms with E-state index in [2.05, 4.69) is 21.2 Å². The number of hydrogen-bond acceptors (Lipinski definition) is 3. The van der Waals surface area contributed by atoms with Crippen LogP contribution in [0.15, 0.2) is 22.7 Å². The molecule has 0 radical (unpaired) electrons. The first-order chi connectivity index (χ1) is 8.24. The predicted octanol–water partition coefficient (Wildman–Crippen LogP) is 2.59. The number of hydrogen-bond donors (Lipinski definition) is 1. The first kappa shape index (κ1) is 14.4. The molecule has 1 rings (SSSR count). The van der Waals surface area contributed by atoms with Crippen LogP contribution in [0.3, 0.4) is 0 Å². The summed E-state index contributed by atoms with van der Waals surface area (Å²) in [4.78, 5) is 0. The summed E-state index contributed by atoms with van der Waals surface area (Å²) in [5.41, 5.74) is 0. The molecular weight excluding hydrogens is 289 g/mol. The minimum absolute atomic E-state index is 0.305. The fraction of sp³-hybridized carbons (Fsp3) is 0.500. The molecule has 96 valence electrons. The molecule has 0 aromatic heterocycles. The van der Waals surface area contributed by atoms with E-state index in [9.17, 15) is 4.39 Å². The van der Waals surface area contributed by atoms with E-state index in [4.69, 9.17) is 9.47 Å². The van der Waals surface area contributed by atoms with Crippen molar-refractivity contribution in [2.45, 2.75) is 6.42 Å². The molecule has 0 unspecified atom stereocenters. The molecule has 5 heteroatoms. The zero-order valence-electron chi connectivity index (χ0n) is 9.84. The summed E-state index contributed by atoms with van der Waals surface area (Å²) >= 11 is 3.09. The Morgan fingerprint density at radius 3 is 2.82 bits per heavy atom. The van der Waals surface area contributed by atoms with Crippen molar-refractivity contribution in [1.29, 1.82) is 0 Å². The third-order valence-electron chi connectivity index (χ3n) is 2.14. The van der Waals surface area contributed by atoms with E-state index in [-0.39, 0.29) is 5.82 Å². The maximum atomic E-state index is 13.1. The highest BCUT2D eigenvalue weighted by atomic mass is 79.9. The lowest BCUT2D eigenvalue weighted by Crippen LogP contribution is -2.21. The van der Waals surface area contributed by atoms with Gasteiger partial charge in [0.15, 0.2) is 0 Å². The quantitative estimate of drug-likeness (QED) is 0.749. The molecule has 0 aliphatic carbocycles. The number of rotatable bonds is 8. The van der Waals surface area contributed by atoms with Crippen molar-refractivity contribution >= 4 is 15.9 Å². The van der Waals surface area contributed by atoms with Gasteiger partial charge >= 0.3 is 0 Å². The van der Waals surface area contributed by atoms with E-state index in [1.807, 2.05) is 0 Å². The van der Waals surface area contributed by atoms with Gasteiger partial charge in [0.1, 0.15) is 11.6 Å². The minimum Gasteiger partial charge on any atom is -0.493 e. The largest absolute Gasteiger partial charge is 0.493 e. The fourth-order valence-electron chi connectivity index (χ4n) is 1.25. The van der Waals surface area contributed by atoms with Crippen LogP contribution in [0.5, 0.6) is 5.75 Å². The van der Waals surface area contributed by atoms with E-state index in [0.29, 0.717) is 23.4 Å². The van der Waals surface area contributed by atoms with Gasteiger partial charge in [-0.2, -0.15) is 0 Å². The van der Waals surface area contributed by atoms with Crippen LogP contribution in [0.4, 0.5) is 4.39 Å². The molecule has 0 saturated carbocycles. The molecule has 0 amide bonds. The van der Waals surface area contributed by atoms with E-state index in [1.165, 1.54) is 6.07 Å². The third-order valence-corrected chi connectivity index (χ3v) is 2.78. The predicted molar refractivity (Wildman–Crippen MR) is 69.0 cm³/mol. The Morgan fingerprint density at radius 2 is 2.12 bits per heavy atom. The Kier molecular flexibility index (Phi) is 7.16. The lowest BCUT2D eigenvalue weighted by Gasteiger charge is -2.07. The van der Waals surface area contributed by atoms with Gasteiger partial charge in [-0.25, -0.2) is 4.39 Å². The van der Waals surface area contributed by atoms with Crippen LogP contribution >= 0.6 is 15.9 Å². The highest BCUT2D eigenvalue weighted by Crippen LogP contribution is 2.20. The Labute approximate surface area is 109 Å². The van der Waals surface area contributed by atoms with E-state index >= 15 is 0 Å². The molecule has 0 aliphatic rings. The molecule has 17 heavy (non-hydrogen) atoms. The standard InChI is InChI=1S/C12H17BrFNO2/c1-16-8-6-15-5-2-7-17-10-3-4-11(13)12(14)9-10/h3-4,9,15H,2,5-8H2,1H3. The zero-order chi connectivity index (χ0) is 12.5. The molecule has 0 bridgehead atoms. The number of methoxy groups -OCH3 is 1. The number of ether oxygens (including phenoxy) is 2. The molecular formula is C12H17BrFNO2. The van der Waals surface area contributed by atoms with Gasteiger partial charge in [-0.3, -0.25) is 0 Å². The van der Waals surface area contributed by atoms with Crippen LogP contribution in [0.1, 0.15) is 6.42 Å². The van der Waals surface area contributed by atoms with Gasteiger partial charge in [0, 0.05) is 19.7 Å². The maximum Gasteiger partial charge on any atom is 0.141 e. The number of nitrogens with one attached hydrogen (secondary N) is 1. The van der Waals surface area contributed by atoms with Crippen LogP contribution in [-0.2, 0) is 4.74 Å². The van der Waals surface area contributed by atoms with Gasteiger partial charge in [-0.1, -0.05) is 0 Å². The van der Waals surface area contributed by atoms with Gasteiger partial charge in [0.05, 0.1) is 17.7 Å². The Hall–Kier alpha value is -0.650. The summed E-state index contributed by atoms with van der Waals surface area (Å²) < 4.78 is 23.9. The summed E-state index contributed by atoms with van der Waals surface area (Å²) in [6.45, 7) is 2.98. The smallest absolute Gasteiger partial charge is 0.141 e. The van der Waals surface area contributed by atoms with Crippen molar-refractivity contribution in [3.8, 4) is 5.75 Å². The third kappa shape index (κ3) is 6.00. The van der Waals surface area contributed by atoms with E-state index in [0.717, 1.165) is 19.5 Å². The van der Waals surface area contributed by atoms with Crippen molar-refractivity contribution in [3.05, 3.63) is 28.5 Å². The summed E-state index contributed by atoms with van der Waals surface area (Å²) in [6, 6.07) is 4.76. The summed E-state index contributed by atoms with van der Waals surface area (Å²) in [7, 11) is 1.67. The average Bonchev–Trinajstić information content (AvgIpc) is 2.32. The molecule has 0 aliphatic heterocycles. The van der Waals surface area contributed by atoms with Gasteiger partial charge < -0.3 is 14.8 Å². The van der Waals surface area contributed by atoms with Gasteiger partial charge in [0.25, 0.3) is 0 Å². The van der Waals surface area contributed by atoms with E-state index < -0.39 is 0 Å². The topological polar surface area (TPSA) is 30.5 Å². The van der Waals surface area contributed by atoms with Crippen molar-refractivity contribution in [1.82, 2.24) is 5.32 Å². The summed E-state index contributed by atoms with van der Waals surface area (Å²) in [5, 5.41) is 3.21. The van der Waals surface area contributed by atoms with Crippen molar-refractivity contribution in [3.63, 3.8) is 0 Å². The second kappa shape index (κ2) is 8.44. The zero-order valence-corrected chi connectivity index (χ0v) is 11.4. The summed E-state index contributed by atoms with van der Waals surface area (Å²) in [6.07, 6.45) is 0.876. The van der Waals surface area contributed by atoms with Crippen LogP contribution in [-0.4, -0.2) is 33.4 Å². The van der Waals surface area contributed by atoms with Crippen molar-refractivity contribution in [2.24, 2.45) is 0 Å². The normalized spacial score (nSPS) is 10.5. The molecule has 0 heterocycles. The number of benzene rings is 1. The monoisotopic (exact) mass is 305 g/mol. The van der Waals surface area contributed by atoms with Gasteiger partial charge in [-0.05, 0) is 41.0 Å². The molecule has 0 saturated heterocycles. The van der Waals surface area contributed by atoms with E-state index in [1.54, 1.807) is 19.2 Å². The Morgan fingerprint density at radius 1 is 1.29 bits per heavy atom. The van der Waals surface area contributed by atoms with Crippen LogP contribution in [0.2, 0.25) is 0 Å². The molecule has 1 aromatic carbocycles. The molecule has 3 nitrogen and oxygen atoms in total. The first-order valence-corrected chi connectivity index (χ1v) is 6.31. The van der Waals surface area contributed by atoms with Crippen LogP contribution in [0.25, 0.3) is 0 Å². The van der Waals surface area contributed by atoms with Gasteiger partial charge in [-0.15, -0.1) is 0 Å². The lowest BCUT2D eigenvalue weighted by molar-refractivity contribution is 0.198. The lowest BCUT2D eigenvalue weighted by atomic mass is 10.3. The maximum absolute atomic E-state index is 13.1. The van der Waals surface area contributed by atoms with Crippen molar-refractivity contribution in [2.75, 3.05) is 33.4 Å². The second-order valence-electron chi connectivity index (χ2n) is 3.52. The SMILES string of the molecule is COCCNCCCOc1ccc(Br)c(F)c1. The second-order valence-corrected chi connectivity index (χ2v) is 4.38. The Bertz CT molecular complexity index is 336. The molecule has 0 fully saturated rings. The van der Waals surface area contributed by atoms with Crippen LogP contribution < -0.4 is 10.1 Å². The molecule has 0 spiro atoms. The number of halogens is 2. The molecule has 0 atom stereocenters. The molecule has 1 aromatic rings. The average molecular weight is 306 g/mol. The summed E-state index contributed by atoms with van der Waals surface area (Å²) in [5.74, 6) is 0.253. The first-order valence-electron chi connectivity index (χ1n) is 5.51. The van der Waals surface area contributed by atoms with Crippen molar-refractivity contribution < 1.29 is 13.9 Å².